The summed E-state index contributed by atoms with van der Waals surface area (Å²) in [5.41, 5.74) is 1.37. The van der Waals surface area contributed by atoms with E-state index in [1.54, 1.807) is 20.8 Å². The molecule has 0 saturated carbocycles. The number of benzene rings is 2. The average molecular weight is 395 g/mol. The third kappa shape index (κ3) is 7.65. The van der Waals surface area contributed by atoms with Gasteiger partial charge in [-0.1, -0.05) is 60.7 Å². The molecule has 2 aromatic carbocycles. The lowest BCUT2D eigenvalue weighted by atomic mass is 9.79. The Bertz CT molecular complexity index is 777. The fourth-order valence-electron chi connectivity index (χ4n) is 3.45. The van der Waals surface area contributed by atoms with Crippen molar-refractivity contribution in [3.8, 4) is 0 Å². The van der Waals surface area contributed by atoms with Crippen LogP contribution in [-0.2, 0) is 32.0 Å². The van der Waals surface area contributed by atoms with Gasteiger partial charge in [0.2, 0.25) is 0 Å². The monoisotopic (exact) mass is 394 g/mol. The van der Waals surface area contributed by atoms with Gasteiger partial charge in [0, 0.05) is 0 Å². The van der Waals surface area contributed by atoms with Crippen molar-refractivity contribution in [2.45, 2.75) is 52.6 Å². The fraction of sp³-hybridized carbons (Fsp3) is 0.400. The predicted molar refractivity (Wildman–Crippen MR) is 113 cm³/mol. The van der Waals surface area contributed by atoms with Crippen LogP contribution in [0.15, 0.2) is 60.7 Å². The highest BCUT2D eigenvalue weighted by molar-refractivity contribution is 6.07. The Morgan fingerprint density at radius 3 is 1.66 bits per heavy atom. The third-order valence-corrected chi connectivity index (χ3v) is 4.58. The van der Waals surface area contributed by atoms with Crippen molar-refractivity contribution >= 4 is 17.5 Å². The van der Waals surface area contributed by atoms with Crippen LogP contribution in [0.3, 0.4) is 0 Å². The summed E-state index contributed by atoms with van der Waals surface area (Å²) in [4.78, 5) is 37.7. The lowest BCUT2D eigenvalue weighted by molar-refractivity contribution is -0.164. The van der Waals surface area contributed by atoms with E-state index in [4.69, 9.17) is 4.74 Å². The highest BCUT2D eigenvalue weighted by Crippen LogP contribution is 2.27. The van der Waals surface area contributed by atoms with Crippen LogP contribution in [0.2, 0.25) is 0 Å². The molecule has 1 unspecified atom stereocenters. The Labute approximate surface area is 173 Å². The summed E-state index contributed by atoms with van der Waals surface area (Å²) < 4.78 is 5.59. The van der Waals surface area contributed by atoms with Gasteiger partial charge in [0.15, 0.2) is 5.78 Å². The third-order valence-electron chi connectivity index (χ3n) is 4.58. The van der Waals surface area contributed by atoms with E-state index >= 15 is 0 Å². The van der Waals surface area contributed by atoms with Gasteiger partial charge in [0.25, 0.3) is 0 Å². The Hall–Kier alpha value is -2.75. The Balaban J connectivity index is 2.40. The molecule has 154 valence electrons. The molecule has 0 radical (unpaired) electrons. The van der Waals surface area contributed by atoms with Crippen molar-refractivity contribution in [2.75, 3.05) is 0 Å². The Morgan fingerprint density at radius 1 is 0.828 bits per heavy atom. The van der Waals surface area contributed by atoms with Gasteiger partial charge in [0.05, 0.1) is 6.42 Å². The maximum atomic E-state index is 13.0. The maximum Gasteiger partial charge on any atom is 0.317 e. The van der Waals surface area contributed by atoms with E-state index in [0.29, 0.717) is 12.8 Å². The average Bonchev–Trinajstić information content (AvgIpc) is 2.61. The van der Waals surface area contributed by atoms with Gasteiger partial charge in [-0.15, -0.1) is 0 Å². The number of ether oxygens (including phenoxy) is 1. The van der Waals surface area contributed by atoms with Gasteiger partial charge in [0.1, 0.15) is 17.3 Å². The molecule has 4 heteroatoms. The molecule has 2 aromatic rings. The van der Waals surface area contributed by atoms with Crippen LogP contribution in [0, 0.1) is 11.8 Å². The Morgan fingerprint density at radius 2 is 1.28 bits per heavy atom. The van der Waals surface area contributed by atoms with Gasteiger partial charge < -0.3 is 4.74 Å². The molecule has 0 aromatic heterocycles. The summed E-state index contributed by atoms with van der Waals surface area (Å²) in [6, 6.07) is 19.6. The molecule has 0 spiro atoms. The van der Waals surface area contributed by atoms with Gasteiger partial charge in [-0.25, -0.2) is 0 Å². The van der Waals surface area contributed by atoms with E-state index in [9.17, 15) is 14.4 Å². The van der Waals surface area contributed by atoms with Crippen molar-refractivity contribution in [3.63, 3.8) is 0 Å². The number of hydrogen-bond acceptors (Lipinski definition) is 4. The molecule has 1 atom stereocenters. The number of Topliss-reactive ketones (excluding diaryl/α,β-unsaturated/α-hetero) is 2. The van der Waals surface area contributed by atoms with Crippen LogP contribution in [0.5, 0.6) is 0 Å². The van der Waals surface area contributed by atoms with E-state index in [0.717, 1.165) is 11.1 Å². The van der Waals surface area contributed by atoms with E-state index in [-0.39, 0.29) is 23.9 Å². The number of rotatable bonds is 9. The summed E-state index contributed by atoms with van der Waals surface area (Å²) in [5, 5.41) is 0. The SMILES string of the molecule is CC(=O)CC(=O)C(C(=O)OC(C)(C)C)C(Cc1ccccc1)Cc1ccccc1. The molecular formula is C25H30O4. The minimum atomic E-state index is -0.987. The zero-order valence-electron chi connectivity index (χ0n) is 17.7. The van der Waals surface area contributed by atoms with Crippen molar-refractivity contribution in [1.82, 2.24) is 0 Å². The normalized spacial score (nSPS) is 12.4. The quantitative estimate of drug-likeness (QED) is 0.461. The van der Waals surface area contributed by atoms with Gasteiger partial charge in [-0.05, 0) is 57.6 Å². The molecule has 0 heterocycles. The molecular weight excluding hydrogens is 364 g/mol. The number of hydrogen-bond donors (Lipinski definition) is 0. The highest BCUT2D eigenvalue weighted by Gasteiger charge is 2.38. The molecule has 0 saturated heterocycles. The summed E-state index contributed by atoms with van der Waals surface area (Å²) in [6.07, 6.45) is 0.830. The fourth-order valence-corrected chi connectivity index (χ4v) is 3.45. The molecule has 0 fully saturated rings. The van der Waals surface area contributed by atoms with E-state index in [1.807, 2.05) is 60.7 Å². The Kier molecular flexibility index (Phi) is 7.89. The van der Waals surface area contributed by atoms with Crippen molar-refractivity contribution in [2.24, 2.45) is 11.8 Å². The molecule has 0 bridgehead atoms. The number of carbonyl (C=O) groups excluding carboxylic acids is 3. The first kappa shape index (κ1) is 22.5. The smallest absolute Gasteiger partial charge is 0.317 e. The highest BCUT2D eigenvalue weighted by atomic mass is 16.6. The number of carbonyl (C=O) groups is 3. The van der Waals surface area contributed by atoms with Crippen molar-refractivity contribution < 1.29 is 19.1 Å². The second-order valence-electron chi connectivity index (χ2n) is 8.50. The second kappa shape index (κ2) is 10.1. The van der Waals surface area contributed by atoms with Crippen molar-refractivity contribution in [1.29, 1.82) is 0 Å². The molecule has 0 N–H and O–H groups in total. The first-order chi connectivity index (χ1) is 13.7. The zero-order valence-corrected chi connectivity index (χ0v) is 17.7. The molecule has 4 nitrogen and oxygen atoms in total. The zero-order chi connectivity index (χ0) is 21.4. The summed E-state index contributed by atoms with van der Waals surface area (Å²) in [7, 11) is 0. The molecule has 0 aliphatic heterocycles. The first-order valence-corrected chi connectivity index (χ1v) is 9.98. The second-order valence-corrected chi connectivity index (χ2v) is 8.50. The summed E-state index contributed by atoms with van der Waals surface area (Å²) in [6.45, 7) is 6.70. The van der Waals surface area contributed by atoms with Crippen LogP contribution in [0.25, 0.3) is 0 Å². The van der Waals surface area contributed by atoms with Gasteiger partial charge in [-0.3, -0.25) is 14.4 Å². The summed E-state index contributed by atoms with van der Waals surface area (Å²) in [5.74, 6) is -2.47. The van der Waals surface area contributed by atoms with Gasteiger partial charge >= 0.3 is 5.97 Å². The topological polar surface area (TPSA) is 60.4 Å². The van der Waals surface area contributed by atoms with Crippen LogP contribution in [-0.4, -0.2) is 23.1 Å². The van der Waals surface area contributed by atoms with Crippen LogP contribution in [0.1, 0.15) is 45.2 Å². The molecule has 0 aliphatic carbocycles. The molecule has 0 aliphatic rings. The predicted octanol–water partition coefficient (Wildman–Crippen LogP) is 4.59. The largest absolute Gasteiger partial charge is 0.459 e. The minimum Gasteiger partial charge on any atom is -0.459 e. The summed E-state index contributed by atoms with van der Waals surface area (Å²) >= 11 is 0. The molecule has 29 heavy (non-hydrogen) atoms. The van der Waals surface area contributed by atoms with E-state index < -0.39 is 17.5 Å². The minimum absolute atomic E-state index is 0.248. The van der Waals surface area contributed by atoms with Crippen LogP contribution in [0.4, 0.5) is 0 Å². The van der Waals surface area contributed by atoms with Crippen molar-refractivity contribution in [3.05, 3.63) is 71.8 Å². The number of esters is 1. The first-order valence-electron chi connectivity index (χ1n) is 9.98. The number of ketones is 2. The van der Waals surface area contributed by atoms with E-state index in [2.05, 4.69) is 0 Å². The lowest BCUT2D eigenvalue weighted by Gasteiger charge is -2.28. The van der Waals surface area contributed by atoms with Crippen LogP contribution < -0.4 is 0 Å². The standard InChI is InChI=1S/C25H30O4/c1-18(26)15-22(27)23(24(28)29-25(2,3)4)21(16-19-11-7-5-8-12-19)17-20-13-9-6-10-14-20/h5-14,21,23H,15-17H2,1-4H3. The molecule has 2 rings (SSSR count). The van der Waals surface area contributed by atoms with Gasteiger partial charge in [-0.2, -0.15) is 0 Å². The van der Waals surface area contributed by atoms with Crippen LogP contribution >= 0.6 is 0 Å². The maximum absolute atomic E-state index is 13.0. The van der Waals surface area contributed by atoms with E-state index in [1.165, 1.54) is 6.92 Å². The molecule has 0 amide bonds. The lowest BCUT2D eigenvalue weighted by Crippen LogP contribution is -2.39.